The average molecular weight is 816 g/mol. The van der Waals surface area contributed by atoms with Gasteiger partial charge in [-0.25, -0.2) is 4.57 Å². The molecule has 0 aromatic heterocycles. The van der Waals surface area contributed by atoms with Crippen molar-refractivity contribution in [1.82, 2.24) is 0 Å². The van der Waals surface area contributed by atoms with E-state index in [1.807, 2.05) is 6.08 Å². The maximum atomic E-state index is 12.6. The predicted molar refractivity (Wildman–Crippen MR) is 222 cm³/mol. The average Bonchev–Trinajstić information content (AvgIpc) is 3.44. The summed E-state index contributed by atoms with van der Waals surface area (Å²) in [5.41, 5.74) is 5.34. The molecule has 1 saturated carbocycles. The van der Waals surface area contributed by atoms with Gasteiger partial charge in [0.25, 0.3) is 0 Å². The number of hydrogen-bond donors (Lipinski definition) is 5. The minimum Gasteiger partial charge on any atom is -0.462 e. The molecule has 1 aliphatic carbocycles. The van der Waals surface area contributed by atoms with Gasteiger partial charge in [-0.05, 0) is 63.7 Å². The van der Waals surface area contributed by atoms with E-state index in [1.165, 1.54) is 19.3 Å². The molecule has 0 spiro atoms. The van der Waals surface area contributed by atoms with Crippen LogP contribution in [0.4, 0.5) is 0 Å². The fourth-order valence-electron chi connectivity index (χ4n) is 6.82. The van der Waals surface area contributed by atoms with E-state index in [0.29, 0.717) is 25.7 Å². The van der Waals surface area contributed by atoms with Crippen molar-refractivity contribution in [3.05, 3.63) is 36.5 Å². The molecule has 12 nitrogen and oxygen atoms in total. The highest BCUT2D eigenvalue weighted by molar-refractivity contribution is 7.47. The van der Waals surface area contributed by atoms with Crippen LogP contribution in [0.1, 0.15) is 162 Å². The normalized spacial score (nSPS) is 20.9. The molecule has 1 rings (SSSR count). The topological polar surface area (TPSA) is 195 Å². The van der Waals surface area contributed by atoms with Crippen LogP contribution in [0.3, 0.4) is 0 Å². The zero-order valence-electron chi connectivity index (χ0n) is 34.7. The first-order valence-corrected chi connectivity index (χ1v) is 23.2. The van der Waals surface area contributed by atoms with Gasteiger partial charge in [0.05, 0.1) is 31.5 Å². The molecule has 0 aliphatic heterocycles. The van der Waals surface area contributed by atoms with E-state index in [2.05, 4.69) is 38.2 Å². The zero-order valence-corrected chi connectivity index (χ0v) is 35.6. The minimum absolute atomic E-state index is 0.0191. The number of hydrogen-bond acceptors (Lipinski definition) is 11. The third kappa shape index (κ3) is 27.7. The van der Waals surface area contributed by atoms with Crippen LogP contribution in [0.25, 0.3) is 0 Å². The number of carbonyl (C=O) groups excluding carboxylic acids is 2. The highest BCUT2D eigenvalue weighted by Gasteiger charge is 2.39. The molecule has 1 fully saturated rings. The Labute approximate surface area is 338 Å². The monoisotopic (exact) mass is 816 g/mol. The number of ether oxygens (including phenoxy) is 2. The maximum absolute atomic E-state index is 12.6. The molecule has 1 unspecified atom stereocenters. The quantitative estimate of drug-likeness (QED) is 0.0175. The number of aliphatic hydroxyl groups excluding tert-OH is 3. The number of esters is 2. The first-order valence-electron chi connectivity index (χ1n) is 21.7. The van der Waals surface area contributed by atoms with E-state index in [1.54, 1.807) is 6.08 Å². The van der Waals surface area contributed by atoms with Crippen LogP contribution >= 0.6 is 7.82 Å². The van der Waals surface area contributed by atoms with Gasteiger partial charge in [0.1, 0.15) is 6.61 Å². The Morgan fingerprint density at radius 1 is 0.768 bits per heavy atom. The van der Waals surface area contributed by atoms with Crippen LogP contribution in [-0.2, 0) is 32.7 Å². The third-order valence-corrected chi connectivity index (χ3v) is 11.1. The summed E-state index contributed by atoms with van der Waals surface area (Å²) in [6.07, 6.45) is 29.5. The Morgan fingerprint density at radius 3 is 2.05 bits per heavy atom. The van der Waals surface area contributed by atoms with E-state index >= 15 is 0 Å². The summed E-state index contributed by atoms with van der Waals surface area (Å²) < 4.78 is 32.8. The number of phosphoric acid groups is 1. The smallest absolute Gasteiger partial charge is 0.462 e. The second-order valence-corrected chi connectivity index (χ2v) is 16.6. The molecule has 13 heteroatoms. The van der Waals surface area contributed by atoms with Crippen molar-refractivity contribution in [2.75, 3.05) is 26.4 Å². The molecule has 326 valence electrons. The van der Waals surface area contributed by atoms with E-state index in [-0.39, 0.29) is 44.4 Å². The van der Waals surface area contributed by atoms with Crippen molar-refractivity contribution >= 4 is 19.8 Å². The fourth-order valence-corrected chi connectivity index (χ4v) is 7.58. The number of aliphatic hydroxyl groups is 3. The number of phosphoric ester groups is 1. The minimum atomic E-state index is -4.43. The van der Waals surface area contributed by atoms with Gasteiger partial charge in [0.15, 0.2) is 6.10 Å². The van der Waals surface area contributed by atoms with Crippen molar-refractivity contribution in [2.24, 2.45) is 17.6 Å². The molecular weight excluding hydrogens is 737 g/mol. The lowest BCUT2D eigenvalue weighted by Gasteiger charge is -2.21. The lowest BCUT2D eigenvalue weighted by molar-refractivity contribution is -0.161. The number of rotatable bonds is 36. The van der Waals surface area contributed by atoms with Crippen molar-refractivity contribution in [3.8, 4) is 0 Å². The van der Waals surface area contributed by atoms with Crippen molar-refractivity contribution < 1.29 is 52.9 Å². The summed E-state index contributed by atoms with van der Waals surface area (Å²) in [5.74, 6) is -1.26. The van der Waals surface area contributed by atoms with Crippen LogP contribution in [-0.4, -0.2) is 82.9 Å². The van der Waals surface area contributed by atoms with Crippen molar-refractivity contribution in [2.45, 2.75) is 186 Å². The van der Waals surface area contributed by atoms with E-state index in [0.717, 1.165) is 89.9 Å². The first kappa shape index (κ1) is 52.1. The standard InChI is InChI=1S/C43H78NO11P/c1-3-5-7-8-9-10-11-12-13-14-15-16-17-18-24-28-43(49)55-37(35-54-56(50,51)53-32-31-44)34-52-42(48)27-23-20-19-22-26-38-39(41(47)33-40(38)46)30-29-36(45)25-21-6-4-2/h9-10,12-13,29-30,36-41,45-47H,3-8,11,14-28,31-35,44H2,1-2H3,(H,50,51)/b10-9-,13-12-,30-29+/t36-,37+,38+,39+,40-,41+/m0/s1. The van der Waals surface area contributed by atoms with Gasteiger partial charge >= 0.3 is 19.8 Å². The lowest BCUT2D eigenvalue weighted by Crippen LogP contribution is -2.29. The molecule has 0 heterocycles. The van der Waals surface area contributed by atoms with Crippen LogP contribution in [0, 0.1) is 11.8 Å². The Hall–Kier alpha value is -1.89. The Bertz CT molecular complexity index is 1130. The second kappa shape index (κ2) is 34.0. The lowest BCUT2D eigenvalue weighted by atomic mass is 9.88. The summed E-state index contributed by atoms with van der Waals surface area (Å²) in [4.78, 5) is 35.1. The summed E-state index contributed by atoms with van der Waals surface area (Å²) in [7, 11) is -4.43. The van der Waals surface area contributed by atoms with Gasteiger partial charge in [0.2, 0.25) is 0 Å². The van der Waals surface area contributed by atoms with E-state index < -0.39 is 50.8 Å². The molecule has 6 N–H and O–H groups in total. The van der Waals surface area contributed by atoms with Gasteiger partial charge in [-0.2, -0.15) is 0 Å². The number of carbonyl (C=O) groups is 2. The Balaban J connectivity index is 2.39. The summed E-state index contributed by atoms with van der Waals surface area (Å²) in [6.45, 7) is 3.34. The van der Waals surface area contributed by atoms with Crippen LogP contribution < -0.4 is 5.73 Å². The van der Waals surface area contributed by atoms with Gasteiger partial charge in [-0.15, -0.1) is 0 Å². The van der Waals surface area contributed by atoms with Crippen molar-refractivity contribution in [3.63, 3.8) is 0 Å². The first-order chi connectivity index (χ1) is 27.0. The van der Waals surface area contributed by atoms with E-state index in [9.17, 15) is 34.4 Å². The van der Waals surface area contributed by atoms with Crippen LogP contribution in [0.5, 0.6) is 0 Å². The molecule has 7 atom stereocenters. The molecule has 0 aromatic rings. The summed E-state index contributed by atoms with van der Waals surface area (Å²) in [5, 5.41) is 31.3. The summed E-state index contributed by atoms with van der Waals surface area (Å²) in [6, 6.07) is 0. The summed E-state index contributed by atoms with van der Waals surface area (Å²) >= 11 is 0. The second-order valence-electron chi connectivity index (χ2n) is 15.2. The van der Waals surface area contributed by atoms with Gasteiger partial charge in [0, 0.05) is 31.7 Å². The third-order valence-electron chi connectivity index (χ3n) is 10.1. The largest absolute Gasteiger partial charge is 0.472 e. The van der Waals surface area contributed by atoms with Crippen molar-refractivity contribution in [1.29, 1.82) is 0 Å². The number of unbranched alkanes of at least 4 members (excludes halogenated alkanes) is 13. The number of allylic oxidation sites excluding steroid dienone is 4. The fraction of sp³-hybridized carbons (Fsp3) is 0.814. The van der Waals surface area contributed by atoms with Gasteiger partial charge < -0.3 is 35.4 Å². The molecule has 0 saturated heterocycles. The van der Waals surface area contributed by atoms with Gasteiger partial charge in [-0.3, -0.25) is 18.6 Å². The maximum Gasteiger partial charge on any atom is 0.472 e. The highest BCUT2D eigenvalue weighted by atomic mass is 31.2. The SMILES string of the molecule is CCCCC/C=C\C/C=C\CCCCCCCC(=O)O[C@H](COC(=O)CCCCCC[C@@H]1[C@@H](/C=C/[C@@H](O)CCCCC)[C@H](O)C[C@@H]1O)COP(=O)(O)OCCN. The molecule has 0 radical (unpaired) electrons. The molecular formula is C43H78NO11P. The van der Waals surface area contributed by atoms with Crippen LogP contribution in [0.15, 0.2) is 36.5 Å². The zero-order chi connectivity index (χ0) is 41.3. The number of nitrogens with two attached hydrogens (primary N) is 1. The Morgan fingerprint density at radius 2 is 1.38 bits per heavy atom. The van der Waals surface area contributed by atoms with Crippen LogP contribution in [0.2, 0.25) is 0 Å². The molecule has 0 amide bonds. The highest BCUT2D eigenvalue weighted by Crippen LogP contribution is 2.43. The van der Waals surface area contributed by atoms with Gasteiger partial charge in [-0.1, -0.05) is 121 Å². The molecule has 56 heavy (non-hydrogen) atoms. The molecule has 0 bridgehead atoms. The van der Waals surface area contributed by atoms with E-state index in [4.69, 9.17) is 24.3 Å². The molecule has 0 aromatic carbocycles. The predicted octanol–water partition coefficient (Wildman–Crippen LogP) is 8.54. The Kier molecular flexibility index (Phi) is 31.7. The molecule has 1 aliphatic rings.